The highest BCUT2D eigenvalue weighted by molar-refractivity contribution is 5.98. The lowest BCUT2D eigenvalue weighted by Crippen LogP contribution is -2.43. The fourth-order valence-electron chi connectivity index (χ4n) is 2.19. The molecule has 2 amide bonds. The standard InChI is InChI=1S/C14H19N3O2.ClH/c1-15-13(18)10-5-4-6-11(9-10)17-14(19)12-7-2-3-8-16-12;/h4-6,9,12,16H,2-3,7-8H2,1H3,(H,15,18)(H,17,19);1H/t12-;/m1./s1. The van der Waals surface area contributed by atoms with Crippen LogP contribution in [0, 0.1) is 0 Å². The predicted octanol–water partition coefficient (Wildman–Crippen LogP) is 1.55. The maximum Gasteiger partial charge on any atom is 0.251 e. The van der Waals surface area contributed by atoms with Crippen LogP contribution in [0.1, 0.15) is 29.6 Å². The number of hydrogen-bond donors (Lipinski definition) is 3. The van der Waals surface area contributed by atoms with Crippen molar-refractivity contribution in [1.29, 1.82) is 0 Å². The van der Waals surface area contributed by atoms with E-state index in [9.17, 15) is 9.59 Å². The number of benzene rings is 1. The van der Waals surface area contributed by atoms with Crippen LogP contribution in [0.2, 0.25) is 0 Å². The van der Waals surface area contributed by atoms with Crippen LogP contribution in [0.25, 0.3) is 0 Å². The molecule has 3 N–H and O–H groups in total. The number of anilines is 1. The van der Waals surface area contributed by atoms with Crippen molar-refractivity contribution >= 4 is 29.9 Å². The van der Waals surface area contributed by atoms with Crippen molar-refractivity contribution in [2.75, 3.05) is 18.9 Å². The molecule has 0 aliphatic carbocycles. The normalized spacial score (nSPS) is 17.8. The third kappa shape index (κ3) is 4.21. The molecule has 6 heteroatoms. The number of halogens is 1. The van der Waals surface area contributed by atoms with E-state index in [1.165, 1.54) is 0 Å². The Bertz CT molecular complexity index is 473. The van der Waals surface area contributed by atoms with Gasteiger partial charge in [0.1, 0.15) is 0 Å². The Balaban J connectivity index is 0.00000200. The molecule has 0 bridgehead atoms. The largest absolute Gasteiger partial charge is 0.355 e. The van der Waals surface area contributed by atoms with Crippen LogP contribution in [0.3, 0.4) is 0 Å². The van der Waals surface area contributed by atoms with Crippen molar-refractivity contribution in [3.8, 4) is 0 Å². The highest BCUT2D eigenvalue weighted by Gasteiger charge is 2.20. The quantitative estimate of drug-likeness (QED) is 0.793. The summed E-state index contributed by atoms with van der Waals surface area (Å²) in [6, 6.07) is 6.81. The summed E-state index contributed by atoms with van der Waals surface area (Å²) >= 11 is 0. The first-order chi connectivity index (χ1) is 9.20. The maximum absolute atomic E-state index is 12.0. The third-order valence-corrected chi connectivity index (χ3v) is 3.25. The average molecular weight is 298 g/mol. The van der Waals surface area contributed by atoms with Gasteiger partial charge in [-0.05, 0) is 37.6 Å². The number of amides is 2. The molecule has 0 radical (unpaired) electrons. The molecule has 1 saturated heterocycles. The average Bonchev–Trinajstić information content (AvgIpc) is 2.47. The molecule has 1 aromatic rings. The molecule has 1 aromatic carbocycles. The fourth-order valence-corrected chi connectivity index (χ4v) is 2.19. The fraction of sp³-hybridized carbons (Fsp3) is 0.429. The first-order valence-corrected chi connectivity index (χ1v) is 6.57. The van der Waals surface area contributed by atoms with Crippen LogP contribution in [-0.2, 0) is 4.79 Å². The van der Waals surface area contributed by atoms with Gasteiger partial charge < -0.3 is 16.0 Å². The number of piperidine rings is 1. The summed E-state index contributed by atoms with van der Waals surface area (Å²) in [5.41, 5.74) is 1.19. The van der Waals surface area contributed by atoms with Crippen molar-refractivity contribution in [3.05, 3.63) is 29.8 Å². The van der Waals surface area contributed by atoms with Crippen LogP contribution >= 0.6 is 12.4 Å². The van der Waals surface area contributed by atoms with Gasteiger partial charge in [0.05, 0.1) is 6.04 Å². The molecule has 5 nitrogen and oxygen atoms in total. The lowest BCUT2D eigenvalue weighted by atomic mass is 10.0. The van der Waals surface area contributed by atoms with E-state index in [4.69, 9.17) is 0 Å². The Kier molecular flexibility index (Phi) is 6.48. The van der Waals surface area contributed by atoms with Crippen LogP contribution < -0.4 is 16.0 Å². The van der Waals surface area contributed by atoms with Gasteiger partial charge in [-0.2, -0.15) is 0 Å². The topological polar surface area (TPSA) is 70.2 Å². The zero-order valence-electron chi connectivity index (χ0n) is 11.4. The molecule has 1 aliphatic heterocycles. The summed E-state index contributed by atoms with van der Waals surface area (Å²) in [4.78, 5) is 23.6. The minimum atomic E-state index is -0.160. The van der Waals surface area contributed by atoms with E-state index in [0.29, 0.717) is 11.3 Å². The van der Waals surface area contributed by atoms with Crippen LogP contribution in [-0.4, -0.2) is 31.4 Å². The lowest BCUT2D eigenvalue weighted by Gasteiger charge is -2.22. The molecule has 2 rings (SSSR count). The second kappa shape index (κ2) is 7.87. The van der Waals surface area contributed by atoms with E-state index in [1.54, 1.807) is 31.3 Å². The van der Waals surface area contributed by atoms with E-state index in [0.717, 1.165) is 25.8 Å². The van der Waals surface area contributed by atoms with Crippen LogP contribution in [0.4, 0.5) is 5.69 Å². The van der Waals surface area contributed by atoms with Gasteiger partial charge >= 0.3 is 0 Å². The summed E-state index contributed by atoms with van der Waals surface area (Å²) in [5, 5.41) is 8.61. The Morgan fingerprint density at radius 1 is 1.30 bits per heavy atom. The monoisotopic (exact) mass is 297 g/mol. The van der Waals surface area contributed by atoms with Crippen molar-refractivity contribution in [2.45, 2.75) is 25.3 Å². The zero-order chi connectivity index (χ0) is 13.7. The van der Waals surface area contributed by atoms with Gasteiger partial charge in [-0.1, -0.05) is 12.5 Å². The van der Waals surface area contributed by atoms with E-state index in [1.807, 2.05) is 0 Å². The molecule has 0 unspecified atom stereocenters. The Morgan fingerprint density at radius 3 is 2.75 bits per heavy atom. The van der Waals surface area contributed by atoms with E-state index >= 15 is 0 Å². The van der Waals surface area contributed by atoms with Crippen molar-refractivity contribution in [1.82, 2.24) is 10.6 Å². The highest BCUT2D eigenvalue weighted by Crippen LogP contribution is 2.13. The van der Waals surface area contributed by atoms with Gasteiger partial charge in [-0.25, -0.2) is 0 Å². The summed E-state index contributed by atoms with van der Waals surface area (Å²) in [7, 11) is 1.58. The minimum Gasteiger partial charge on any atom is -0.355 e. The Hall–Kier alpha value is -1.59. The zero-order valence-corrected chi connectivity index (χ0v) is 12.3. The second-order valence-electron chi connectivity index (χ2n) is 4.65. The van der Waals surface area contributed by atoms with Crippen molar-refractivity contribution in [3.63, 3.8) is 0 Å². The molecule has 0 saturated carbocycles. The first kappa shape index (κ1) is 16.5. The van der Waals surface area contributed by atoms with Crippen molar-refractivity contribution < 1.29 is 9.59 Å². The molecule has 20 heavy (non-hydrogen) atoms. The number of carbonyl (C=O) groups is 2. The second-order valence-corrected chi connectivity index (χ2v) is 4.65. The summed E-state index contributed by atoms with van der Waals surface area (Å²) < 4.78 is 0. The highest BCUT2D eigenvalue weighted by atomic mass is 35.5. The van der Waals surface area contributed by atoms with E-state index in [2.05, 4.69) is 16.0 Å². The number of carbonyl (C=O) groups excluding carboxylic acids is 2. The Labute approximate surface area is 124 Å². The molecule has 0 aromatic heterocycles. The molecular weight excluding hydrogens is 278 g/mol. The minimum absolute atomic E-state index is 0. The maximum atomic E-state index is 12.0. The Morgan fingerprint density at radius 2 is 2.10 bits per heavy atom. The molecular formula is C14H20ClN3O2. The van der Waals surface area contributed by atoms with E-state index < -0.39 is 0 Å². The predicted molar refractivity (Wildman–Crippen MR) is 81.4 cm³/mol. The molecule has 1 aliphatic rings. The number of rotatable bonds is 3. The summed E-state index contributed by atoms with van der Waals surface area (Å²) in [6.07, 6.45) is 3.06. The smallest absolute Gasteiger partial charge is 0.251 e. The third-order valence-electron chi connectivity index (χ3n) is 3.25. The SMILES string of the molecule is CNC(=O)c1cccc(NC(=O)[C@H]2CCCCN2)c1.Cl. The molecule has 1 fully saturated rings. The summed E-state index contributed by atoms with van der Waals surface area (Å²) in [5.74, 6) is -0.194. The van der Waals surface area contributed by atoms with Gasteiger partial charge in [-0.15, -0.1) is 12.4 Å². The summed E-state index contributed by atoms with van der Waals surface area (Å²) in [6.45, 7) is 0.885. The van der Waals surface area contributed by atoms with Gasteiger partial charge in [0.2, 0.25) is 5.91 Å². The van der Waals surface area contributed by atoms with Gasteiger partial charge in [0.25, 0.3) is 5.91 Å². The van der Waals surface area contributed by atoms with Crippen LogP contribution in [0.15, 0.2) is 24.3 Å². The van der Waals surface area contributed by atoms with Crippen molar-refractivity contribution in [2.24, 2.45) is 0 Å². The van der Waals surface area contributed by atoms with Crippen LogP contribution in [0.5, 0.6) is 0 Å². The molecule has 0 spiro atoms. The number of nitrogens with one attached hydrogen (secondary N) is 3. The molecule has 1 heterocycles. The first-order valence-electron chi connectivity index (χ1n) is 6.57. The lowest BCUT2D eigenvalue weighted by molar-refractivity contribution is -0.118. The van der Waals surface area contributed by atoms with Gasteiger partial charge in [0, 0.05) is 18.3 Å². The van der Waals surface area contributed by atoms with Gasteiger partial charge in [-0.3, -0.25) is 9.59 Å². The molecule has 110 valence electrons. The van der Waals surface area contributed by atoms with Gasteiger partial charge in [0.15, 0.2) is 0 Å². The number of hydrogen-bond acceptors (Lipinski definition) is 3. The molecule has 1 atom stereocenters. The van der Waals surface area contributed by atoms with E-state index in [-0.39, 0.29) is 30.3 Å².